The van der Waals surface area contributed by atoms with Gasteiger partial charge in [0.25, 0.3) is 0 Å². The van der Waals surface area contributed by atoms with Crippen molar-refractivity contribution in [2.45, 2.75) is 25.0 Å². The van der Waals surface area contributed by atoms with Gasteiger partial charge in [0, 0.05) is 12.7 Å². The van der Waals surface area contributed by atoms with Gasteiger partial charge in [-0.1, -0.05) is 11.6 Å². The Morgan fingerprint density at radius 1 is 1.50 bits per heavy atom. The molecule has 0 saturated carbocycles. The maximum absolute atomic E-state index is 11.8. The van der Waals surface area contributed by atoms with Crippen LogP contribution in [0.2, 0.25) is 5.02 Å². The average Bonchev–Trinajstić information content (AvgIpc) is 2.94. The highest BCUT2D eigenvalue weighted by atomic mass is 35.5. The fraction of sp³-hybridized carbons (Fsp3) is 0.538. The second-order valence-electron chi connectivity index (χ2n) is 4.49. The summed E-state index contributed by atoms with van der Waals surface area (Å²) in [5.41, 5.74) is 5.50. The van der Waals surface area contributed by atoms with Crippen molar-refractivity contribution >= 4 is 42.3 Å². The Hall–Kier alpha value is -0.790. The molecule has 0 aliphatic carbocycles. The number of halogens is 3. The number of carbonyl (C=O) groups is 1. The number of hydrogen-bond acceptors (Lipinski definition) is 5. The molecule has 2 heterocycles. The number of ether oxygens (including phenoxy) is 2. The van der Waals surface area contributed by atoms with E-state index in [1.54, 1.807) is 18.3 Å². The zero-order valence-electron chi connectivity index (χ0n) is 11.9. The van der Waals surface area contributed by atoms with Crippen molar-refractivity contribution in [2.24, 2.45) is 5.73 Å². The molecule has 0 aromatic carbocycles. The molecule has 0 unspecified atom stereocenters. The molecule has 22 heavy (non-hydrogen) atoms. The van der Waals surface area contributed by atoms with E-state index in [9.17, 15) is 4.79 Å². The monoisotopic (exact) mass is 371 g/mol. The second-order valence-corrected chi connectivity index (χ2v) is 4.90. The number of rotatable bonds is 6. The van der Waals surface area contributed by atoms with Gasteiger partial charge in [0.1, 0.15) is 17.7 Å². The lowest BCUT2D eigenvalue weighted by Gasteiger charge is -2.13. The molecule has 2 atom stereocenters. The standard InChI is InChI=1S/C13H18ClN3O3.2ClH/c14-10-2-1-5-17-13(10)19-7-6-16-12(18)11-4-3-9(8-15)20-11;;/h1-2,5,9,11H,3-4,6-8,15H2,(H,16,18);2*1H/t9-,11+;;/m1../s1. The van der Waals surface area contributed by atoms with Crippen LogP contribution in [0.15, 0.2) is 18.3 Å². The third kappa shape index (κ3) is 6.14. The van der Waals surface area contributed by atoms with Crippen LogP contribution in [0.4, 0.5) is 0 Å². The van der Waals surface area contributed by atoms with Gasteiger partial charge >= 0.3 is 0 Å². The van der Waals surface area contributed by atoms with E-state index in [1.807, 2.05) is 0 Å². The zero-order valence-corrected chi connectivity index (χ0v) is 14.3. The Kier molecular flexibility index (Phi) is 10.5. The highest BCUT2D eigenvalue weighted by molar-refractivity contribution is 6.31. The summed E-state index contributed by atoms with van der Waals surface area (Å²) in [6, 6.07) is 3.42. The maximum atomic E-state index is 11.8. The van der Waals surface area contributed by atoms with Gasteiger partial charge in [-0.25, -0.2) is 4.98 Å². The topological polar surface area (TPSA) is 86.5 Å². The first-order chi connectivity index (χ1) is 9.70. The lowest BCUT2D eigenvalue weighted by atomic mass is 10.2. The Morgan fingerprint density at radius 2 is 2.27 bits per heavy atom. The molecule has 1 aliphatic heterocycles. The van der Waals surface area contributed by atoms with Crippen molar-refractivity contribution in [2.75, 3.05) is 19.7 Å². The molecule has 0 bridgehead atoms. The molecular formula is C13H20Cl3N3O3. The predicted molar refractivity (Wildman–Crippen MR) is 89.2 cm³/mol. The molecular weight excluding hydrogens is 353 g/mol. The molecule has 1 amide bonds. The normalized spacial score (nSPS) is 19.7. The van der Waals surface area contributed by atoms with Crippen molar-refractivity contribution in [1.29, 1.82) is 0 Å². The van der Waals surface area contributed by atoms with Crippen molar-refractivity contribution in [3.05, 3.63) is 23.4 Å². The minimum Gasteiger partial charge on any atom is -0.475 e. The minimum atomic E-state index is -0.401. The van der Waals surface area contributed by atoms with E-state index in [2.05, 4.69) is 10.3 Å². The molecule has 1 fully saturated rings. The summed E-state index contributed by atoms with van der Waals surface area (Å²) in [6.45, 7) is 1.12. The van der Waals surface area contributed by atoms with Crippen LogP contribution in [0.1, 0.15) is 12.8 Å². The fourth-order valence-corrected chi connectivity index (χ4v) is 2.16. The second kappa shape index (κ2) is 10.9. The lowest BCUT2D eigenvalue weighted by molar-refractivity contribution is -0.131. The molecule has 1 aromatic heterocycles. The Morgan fingerprint density at radius 3 is 2.91 bits per heavy atom. The van der Waals surface area contributed by atoms with Gasteiger partial charge in [0.05, 0.1) is 12.6 Å². The number of carbonyl (C=O) groups excluding carboxylic acids is 1. The highest BCUT2D eigenvalue weighted by Crippen LogP contribution is 2.20. The maximum Gasteiger partial charge on any atom is 0.249 e. The minimum absolute atomic E-state index is 0. The fourth-order valence-electron chi connectivity index (χ4n) is 1.99. The van der Waals surface area contributed by atoms with E-state index in [1.165, 1.54) is 0 Å². The van der Waals surface area contributed by atoms with Gasteiger partial charge in [-0.05, 0) is 25.0 Å². The molecule has 6 nitrogen and oxygen atoms in total. The third-order valence-corrected chi connectivity index (χ3v) is 3.32. The largest absolute Gasteiger partial charge is 0.475 e. The van der Waals surface area contributed by atoms with Crippen LogP contribution in [0.3, 0.4) is 0 Å². The van der Waals surface area contributed by atoms with Crippen LogP contribution < -0.4 is 15.8 Å². The van der Waals surface area contributed by atoms with Gasteiger partial charge in [0.15, 0.2) is 0 Å². The molecule has 126 valence electrons. The Balaban J connectivity index is 0.00000220. The van der Waals surface area contributed by atoms with E-state index in [0.29, 0.717) is 37.0 Å². The first-order valence-electron chi connectivity index (χ1n) is 6.57. The van der Waals surface area contributed by atoms with Crippen molar-refractivity contribution in [3.63, 3.8) is 0 Å². The lowest BCUT2D eigenvalue weighted by Crippen LogP contribution is -2.37. The van der Waals surface area contributed by atoms with Crippen LogP contribution >= 0.6 is 36.4 Å². The van der Waals surface area contributed by atoms with Crippen LogP contribution in [0, 0.1) is 0 Å². The summed E-state index contributed by atoms with van der Waals surface area (Å²) in [6.07, 6.45) is 2.73. The van der Waals surface area contributed by atoms with Crippen molar-refractivity contribution in [3.8, 4) is 5.88 Å². The summed E-state index contributed by atoms with van der Waals surface area (Å²) in [7, 11) is 0. The molecule has 1 aliphatic rings. The summed E-state index contributed by atoms with van der Waals surface area (Å²) in [5, 5.41) is 3.21. The first-order valence-corrected chi connectivity index (χ1v) is 6.95. The van der Waals surface area contributed by atoms with Crippen LogP contribution in [-0.2, 0) is 9.53 Å². The van der Waals surface area contributed by atoms with Crippen LogP contribution in [0.5, 0.6) is 5.88 Å². The predicted octanol–water partition coefficient (Wildman–Crippen LogP) is 1.58. The smallest absolute Gasteiger partial charge is 0.249 e. The number of nitrogens with two attached hydrogens (primary N) is 1. The molecule has 0 spiro atoms. The number of nitrogens with one attached hydrogen (secondary N) is 1. The molecule has 2 rings (SSSR count). The SMILES string of the molecule is Cl.Cl.NC[C@H]1CC[C@@H](C(=O)NCCOc2ncccc2Cl)O1. The summed E-state index contributed by atoms with van der Waals surface area (Å²) in [4.78, 5) is 15.8. The molecule has 1 saturated heterocycles. The van der Waals surface area contributed by atoms with E-state index in [4.69, 9.17) is 26.8 Å². The highest BCUT2D eigenvalue weighted by Gasteiger charge is 2.29. The van der Waals surface area contributed by atoms with Crippen molar-refractivity contribution in [1.82, 2.24) is 10.3 Å². The number of pyridine rings is 1. The van der Waals surface area contributed by atoms with Gasteiger partial charge in [-0.15, -0.1) is 24.8 Å². The van der Waals surface area contributed by atoms with Gasteiger partial charge in [-0.3, -0.25) is 4.79 Å². The number of hydrogen-bond donors (Lipinski definition) is 2. The number of aromatic nitrogens is 1. The van der Waals surface area contributed by atoms with Crippen LogP contribution in [-0.4, -0.2) is 42.8 Å². The molecule has 9 heteroatoms. The van der Waals surface area contributed by atoms with Crippen LogP contribution in [0.25, 0.3) is 0 Å². The van der Waals surface area contributed by atoms with E-state index < -0.39 is 6.10 Å². The third-order valence-electron chi connectivity index (χ3n) is 3.03. The van der Waals surface area contributed by atoms with Crippen molar-refractivity contribution < 1.29 is 14.3 Å². The zero-order chi connectivity index (χ0) is 14.4. The quantitative estimate of drug-likeness (QED) is 0.740. The van der Waals surface area contributed by atoms with Gasteiger partial charge in [-0.2, -0.15) is 0 Å². The first kappa shape index (κ1) is 21.2. The Bertz CT molecular complexity index is 465. The number of nitrogens with zero attached hydrogens (tertiary/aromatic N) is 1. The summed E-state index contributed by atoms with van der Waals surface area (Å²) < 4.78 is 10.9. The van der Waals surface area contributed by atoms with Gasteiger partial charge < -0.3 is 20.5 Å². The average molecular weight is 373 g/mol. The number of amides is 1. The Labute approximate surface area is 146 Å². The van der Waals surface area contributed by atoms with E-state index in [0.717, 1.165) is 6.42 Å². The van der Waals surface area contributed by atoms with E-state index >= 15 is 0 Å². The summed E-state index contributed by atoms with van der Waals surface area (Å²) in [5.74, 6) is 0.236. The molecule has 1 aromatic rings. The summed E-state index contributed by atoms with van der Waals surface area (Å²) >= 11 is 5.89. The van der Waals surface area contributed by atoms with E-state index in [-0.39, 0.29) is 36.8 Å². The molecule has 0 radical (unpaired) electrons. The van der Waals surface area contributed by atoms with Gasteiger partial charge in [0.2, 0.25) is 11.8 Å². The molecule has 3 N–H and O–H groups in total.